The van der Waals surface area contributed by atoms with E-state index in [4.69, 9.17) is 17.0 Å². The summed E-state index contributed by atoms with van der Waals surface area (Å²) in [6.45, 7) is 3.04. The van der Waals surface area contributed by atoms with Gasteiger partial charge < -0.3 is 20.0 Å². The van der Waals surface area contributed by atoms with Gasteiger partial charge in [0.25, 0.3) is 5.91 Å². The van der Waals surface area contributed by atoms with Crippen LogP contribution in [0.2, 0.25) is 0 Å². The van der Waals surface area contributed by atoms with Gasteiger partial charge in [-0.05, 0) is 24.7 Å². The van der Waals surface area contributed by atoms with Crippen molar-refractivity contribution < 1.29 is 24.0 Å². The van der Waals surface area contributed by atoms with E-state index in [0.29, 0.717) is 28.1 Å². The van der Waals surface area contributed by atoms with Gasteiger partial charge in [-0.1, -0.05) is 42.1 Å². The number of carbonyl (C=O) groups is 2. The number of nitrogens with zero attached hydrogens (tertiary/aromatic N) is 2. The number of rotatable bonds is 8. The Hall–Kier alpha value is -2.56. The van der Waals surface area contributed by atoms with Crippen molar-refractivity contribution in [3.8, 4) is 0 Å². The highest BCUT2D eigenvalue weighted by atomic mass is 32.2. The summed E-state index contributed by atoms with van der Waals surface area (Å²) in [5.41, 5.74) is 2.59. The molecule has 2 aromatic rings. The largest absolute Gasteiger partial charge is 0.543 e. The average molecular weight is 502 g/mol. The van der Waals surface area contributed by atoms with E-state index in [1.165, 1.54) is 34.0 Å². The molecule has 33 heavy (non-hydrogen) atoms. The summed E-state index contributed by atoms with van der Waals surface area (Å²) in [5, 5.41) is 14.8. The second kappa shape index (κ2) is 10.6. The number of ether oxygens (including phenoxy) is 1. The molecule has 10 heteroatoms. The summed E-state index contributed by atoms with van der Waals surface area (Å²) in [5.74, 6) is -0.776. The second-order valence-corrected chi connectivity index (χ2v) is 10.2. The molecular weight excluding hydrogens is 478 g/mol. The molecule has 0 aliphatic carbocycles. The van der Waals surface area contributed by atoms with E-state index >= 15 is 0 Å². The maximum atomic E-state index is 12.9. The van der Waals surface area contributed by atoms with E-state index in [2.05, 4.69) is 22.0 Å². The van der Waals surface area contributed by atoms with Crippen LogP contribution in [-0.2, 0) is 20.9 Å². The first-order chi connectivity index (χ1) is 16.0. The Morgan fingerprint density at radius 2 is 2.03 bits per heavy atom. The predicted octanol–water partition coefficient (Wildman–Crippen LogP) is 1.78. The molecule has 2 aliphatic heterocycles. The predicted molar refractivity (Wildman–Crippen MR) is 131 cm³/mol. The molecule has 172 valence electrons. The molecule has 0 unspecified atom stereocenters. The highest BCUT2D eigenvalue weighted by molar-refractivity contribution is 8.22. The lowest BCUT2D eigenvalue weighted by Crippen LogP contribution is -2.68. The fraction of sp³-hybridized carbons (Fsp3) is 0.304. The molecule has 1 saturated heterocycles. The Balaban J connectivity index is 1.41. The second-order valence-electron chi connectivity index (χ2n) is 7.49. The molecule has 7 nitrogen and oxygen atoms in total. The first-order valence-electron chi connectivity index (χ1n) is 10.4. The van der Waals surface area contributed by atoms with Gasteiger partial charge in [0.15, 0.2) is 18.9 Å². The van der Waals surface area contributed by atoms with Crippen LogP contribution >= 0.6 is 35.7 Å². The Morgan fingerprint density at radius 1 is 1.30 bits per heavy atom. The van der Waals surface area contributed by atoms with Crippen molar-refractivity contribution in [3.63, 3.8) is 0 Å². The fourth-order valence-electron chi connectivity index (χ4n) is 3.72. The number of carbonyl (C=O) groups excluding carboxylic acids is 2. The number of benzene rings is 1. The Morgan fingerprint density at radius 3 is 2.70 bits per heavy atom. The van der Waals surface area contributed by atoms with Crippen molar-refractivity contribution in [2.45, 2.75) is 24.9 Å². The third-order valence-corrected chi connectivity index (χ3v) is 7.95. The van der Waals surface area contributed by atoms with E-state index in [9.17, 15) is 14.7 Å². The molecule has 1 N–H and O–H groups in total. The lowest BCUT2D eigenvalue weighted by Gasteiger charge is -2.51. The number of carboxylic acid groups (broad SMARTS) is 1. The first kappa shape index (κ1) is 23.6. The maximum absolute atomic E-state index is 12.9. The SMILES string of the molecule is CCOC(=S)SCC1=C(C(=O)[O-])N2C(=O)[C@@H](Nc3cc[n+](Cc4ccccc4)cc3)[C@H]2SC1. The molecule has 0 saturated carbocycles. The van der Waals surface area contributed by atoms with E-state index in [-0.39, 0.29) is 17.0 Å². The molecule has 1 aromatic carbocycles. The van der Waals surface area contributed by atoms with Crippen molar-refractivity contribution >= 4 is 57.7 Å². The van der Waals surface area contributed by atoms with Crippen molar-refractivity contribution in [1.29, 1.82) is 0 Å². The molecular formula is C23H23N3O4S3. The van der Waals surface area contributed by atoms with Gasteiger partial charge in [-0.3, -0.25) is 9.69 Å². The van der Waals surface area contributed by atoms with Gasteiger partial charge in [-0.15, -0.1) is 11.8 Å². The van der Waals surface area contributed by atoms with Crippen LogP contribution in [0.4, 0.5) is 5.69 Å². The number of fused-ring (bicyclic) bond motifs is 1. The fourth-order valence-corrected chi connectivity index (χ4v) is 6.22. The number of amides is 1. The topological polar surface area (TPSA) is 85.6 Å². The van der Waals surface area contributed by atoms with Crippen LogP contribution in [0.1, 0.15) is 12.5 Å². The van der Waals surface area contributed by atoms with Crippen LogP contribution in [0.5, 0.6) is 0 Å². The molecule has 0 spiro atoms. The van der Waals surface area contributed by atoms with Gasteiger partial charge in [0.1, 0.15) is 11.4 Å². The minimum absolute atomic E-state index is 0.0395. The van der Waals surface area contributed by atoms with Crippen LogP contribution in [0.25, 0.3) is 0 Å². The zero-order valence-corrected chi connectivity index (χ0v) is 20.4. The quantitative estimate of drug-likeness (QED) is 0.333. The van der Waals surface area contributed by atoms with Crippen LogP contribution in [0.15, 0.2) is 66.1 Å². The molecule has 0 radical (unpaired) electrons. The average Bonchev–Trinajstić information content (AvgIpc) is 2.82. The Kier molecular flexibility index (Phi) is 7.56. The molecule has 1 aromatic heterocycles. The van der Waals surface area contributed by atoms with Crippen molar-refractivity contribution in [1.82, 2.24) is 4.90 Å². The third-order valence-electron chi connectivity index (χ3n) is 5.29. The summed E-state index contributed by atoms with van der Waals surface area (Å²) in [6, 6.07) is 13.5. The summed E-state index contributed by atoms with van der Waals surface area (Å²) < 4.78 is 7.66. The van der Waals surface area contributed by atoms with Gasteiger partial charge in [0, 0.05) is 34.9 Å². The molecule has 2 atom stereocenters. The number of pyridine rings is 1. The lowest BCUT2D eigenvalue weighted by atomic mass is 10.0. The monoisotopic (exact) mass is 501 g/mol. The molecule has 1 fully saturated rings. The van der Waals surface area contributed by atoms with E-state index in [0.717, 1.165) is 12.2 Å². The standard InChI is InChI=1S/C23H23N3O4S3/c1-2-30-23(31)33-14-16-13-32-21-18(20(27)26(21)19(16)22(28)29)24-17-8-10-25(11-9-17)12-15-6-4-3-5-7-15/h3-11,18,21H,2,12-14H2,1H3,(H,28,29)/t18-,21-/m1/s1. The Labute approximate surface area is 206 Å². The van der Waals surface area contributed by atoms with Crippen molar-refractivity contribution in [2.75, 3.05) is 23.4 Å². The summed E-state index contributed by atoms with van der Waals surface area (Å²) >= 11 is 7.90. The highest BCUT2D eigenvalue weighted by Gasteiger charge is 2.52. The molecule has 0 bridgehead atoms. The van der Waals surface area contributed by atoms with E-state index in [1.807, 2.05) is 49.6 Å². The van der Waals surface area contributed by atoms with Crippen LogP contribution in [0, 0.1) is 0 Å². The number of aromatic nitrogens is 1. The summed E-state index contributed by atoms with van der Waals surface area (Å²) in [7, 11) is 0. The lowest BCUT2D eigenvalue weighted by molar-refractivity contribution is -0.688. The zero-order valence-electron chi connectivity index (χ0n) is 17.9. The summed E-state index contributed by atoms with van der Waals surface area (Å²) in [4.78, 5) is 26.1. The van der Waals surface area contributed by atoms with Gasteiger partial charge in [-0.25, -0.2) is 4.57 Å². The van der Waals surface area contributed by atoms with Crippen LogP contribution in [0.3, 0.4) is 0 Å². The molecule has 4 rings (SSSR count). The van der Waals surface area contributed by atoms with E-state index in [1.54, 1.807) is 0 Å². The molecule has 2 aliphatic rings. The van der Waals surface area contributed by atoms with Gasteiger partial charge in [-0.2, -0.15) is 0 Å². The van der Waals surface area contributed by atoms with Gasteiger partial charge in [0.2, 0.25) is 4.38 Å². The third kappa shape index (κ3) is 5.34. The number of anilines is 1. The number of nitrogens with one attached hydrogen (secondary N) is 1. The minimum atomic E-state index is -1.34. The van der Waals surface area contributed by atoms with Crippen LogP contribution in [-0.4, -0.2) is 50.7 Å². The molecule has 3 heterocycles. The number of aliphatic carboxylic acids is 1. The van der Waals surface area contributed by atoms with E-state index < -0.39 is 12.0 Å². The molecule has 1 amide bonds. The first-order valence-corrected chi connectivity index (χ1v) is 12.9. The van der Waals surface area contributed by atoms with Crippen molar-refractivity contribution in [3.05, 3.63) is 71.7 Å². The van der Waals surface area contributed by atoms with Gasteiger partial charge >= 0.3 is 0 Å². The zero-order chi connectivity index (χ0) is 23.4. The number of β-lactam (4-membered cyclic amide) rings is 1. The number of thiocarbonyl (C=S) groups is 1. The number of thioether (sulfide) groups is 2. The normalized spacial score (nSPS) is 19.5. The van der Waals surface area contributed by atoms with Crippen molar-refractivity contribution in [2.24, 2.45) is 0 Å². The Bertz CT molecular complexity index is 1080. The number of hydrogen-bond acceptors (Lipinski definition) is 8. The number of hydrogen-bond donors (Lipinski definition) is 1. The van der Waals surface area contributed by atoms with Crippen LogP contribution < -0.4 is 15.0 Å². The van der Waals surface area contributed by atoms with Gasteiger partial charge in [0.05, 0.1) is 18.3 Å². The maximum Gasteiger partial charge on any atom is 0.253 e. The summed E-state index contributed by atoms with van der Waals surface area (Å²) in [6.07, 6.45) is 3.90. The highest BCUT2D eigenvalue weighted by Crippen LogP contribution is 2.41. The number of carboxylic acids is 1. The minimum Gasteiger partial charge on any atom is -0.543 e. The smallest absolute Gasteiger partial charge is 0.253 e.